The Kier molecular flexibility index (Phi) is 5.20. The maximum absolute atomic E-state index is 5.27. The van der Waals surface area contributed by atoms with Gasteiger partial charge in [0, 0.05) is 6.07 Å². The lowest BCUT2D eigenvalue weighted by atomic mass is 9.96. The van der Waals surface area contributed by atoms with Crippen molar-refractivity contribution in [2.45, 2.75) is 39.7 Å². The molecule has 1 aliphatic heterocycles. The molecule has 0 bridgehead atoms. The summed E-state index contributed by atoms with van der Waals surface area (Å²) in [6.07, 6.45) is 3.82. The molecule has 1 fully saturated rings. The first-order chi connectivity index (χ1) is 8.78. The SMILES string of the molecule is CCCNCC1CCN(Cc2cc(C)no2)CC1. The van der Waals surface area contributed by atoms with Crippen LogP contribution < -0.4 is 5.32 Å². The van der Waals surface area contributed by atoms with Crippen LogP contribution in [-0.4, -0.2) is 36.2 Å². The Hall–Kier alpha value is -0.870. The number of piperidine rings is 1. The highest BCUT2D eigenvalue weighted by molar-refractivity contribution is 5.02. The van der Waals surface area contributed by atoms with Gasteiger partial charge in [-0.2, -0.15) is 0 Å². The average Bonchev–Trinajstić information content (AvgIpc) is 2.77. The number of rotatable bonds is 6. The molecule has 1 aromatic heterocycles. The van der Waals surface area contributed by atoms with Crippen LogP contribution in [0.3, 0.4) is 0 Å². The van der Waals surface area contributed by atoms with Gasteiger partial charge in [-0.05, 0) is 58.3 Å². The van der Waals surface area contributed by atoms with Gasteiger partial charge in [-0.3, -0.25) is 4.90 Å². The molecule has 2 heterocycles. The molecule has 1 saturated heterocycles. The molecule has 0 unspecified atom stereocenters. The minimum Gasteiger partial charge on any atom is -0.360 e. The highest BCUT2D eigenvalue weighted by atomic mass is 16.5. The van der Waals surface area contributed by atoms with Gasteiger partial charge >= 0.3 is 0 Å². The Morgan fingerprint density at radius 2 is 2.22 bits per heavy atom. The zero-order valence-electron chi connectivity index (χ0n) is 11.6. The molecule has 1 N–H and O–H groups in total. The van der Waals surface area contributed by atoms with Crippen LogP contribution >= 0.6 is 0 Å². The van der Waals surface area contributed by atoms with Crippen molar-refractivity contribution in [2.75, 3.05) is 26.2 Å². The van der Waals surface area contributed by atoms with E-state index in [1.165, 1.54) is 38.9 Å². The molecule has 2 rings (SSSR count). The fourth-order valence-electron chi connectivity index (χ4n) is 2.54. The minimum absolute atomic E-state index is 0.851. The van der Waals surface area contributed by atoms with Crippen molar-refractivity contribution in [1.29, 1.82) is 0 Å². The van der Waals surface area contributed by atoms with Gasteiger partial charge < -0.3 is 9.84 Å². The van der Waals surface area contributed by atoms with Crippen LogP contribution in [0.2, 0.25) is 0 Å². The summed E-state index contributed by atoms with van der Waals surface area (Å²) in [6.45, 7) is 9.79. The average molecular weight is 251 g/mol. The van der Waals surface area contributed by atoms with E-state index in [-0.39, 0.29) is 0 Å². The number of nitrogens with one attached hydrogen (secondary N) is 1. The van der Waals surface area contributed by atoms with Crippen molar-refractivity contribution in [3.63, 3.8) is 0 Å². The molecule has 0 spiro atoms. The lowest BCUT2D eigenvalue weighted by Crippen LogP contribution is -2.36. The van der Waals surface area contributed by atoms with Gasteiger partial charge in [0.25, 0.3) is 0 Å². The molecule has 0 saturated carbocycles. The van der Waals surface area contributed by atoms with E-state index in [2.05, 4.69) is 22.3 Å². The predicted molar refractivity (Wildman–Crippen MR) is 72.4 cm³/mol. The molecule has 0 atom stereocenters. The molecule has 0 aliphatic carbocycles. The Bertz CT molecular complexity index is 343. The number of aryl methyl sites for hydroxylation is 1. The van der Waals surface area contributed by atoms with Gasteiger partial charge in [0.1, 0.15) is 0 Å². The molecule has 0 radical (unpaired) electrons. The molecular weight excluding hydrogens is 226 g/mol. The third kappa shape index (κ3) is 4.10. The third-order valence-electron chi connectivity index (χ3n) is 3.62. The van der Waals surface area contributed by atoms with Crippen molar-refractivity contribution in [3.8, 4) is 0 Å². The quantitative estimate of drug-likeness (QED) is 0.787. The summed E-state index contributed by atoms with van der Waals surface area (Å²) in [4.78, 5) is 2.47. The van der Waals surface area contributed by atoms with E-state index in [4.69, 9.17) is 4.52 Å². The summed E-state index contributed by atoms with van der Waals surface area (Å²) in [6, 6.07) is 2.04. The second-order valence-electron chi connectivity index (χ2n) is 5.36. The Labute approximate surface area is 110 Å². The van der Waals surface area contributed by atoms with Gasteiger partial charge in [-0.25, -0.2) is 0 Å². The number of aromatic nitrogens is 1. The summed E-state index contributed by atoms with van der Waals surface area (Å²) in [7, 11) is 0. The first-order valence-electron chi connectivity index (χ1n) is 7.13. The lowest BCUT2D eigenvalue weighted by molar-refractivity contribution is 0.160. The maximum Gasteiger partial charge on any atom is 0.150 e. The number of hydrogen-bond donors (Lipinski definition) is 1. The van der Waals surface area contributed by atoms with Gasteiger partial charge in [-0.15, -0.1) is 0 Å². The lowest BCUT2D eigenvalue weighted by Gasteiger charge is -2.31. The van der Waals surface area contributed by atoms with Crippen LogP contribution in [0.15, 0.2) is 10.6 Å². The van der Waals surface area contributed by atoms with Crippen LogP contribution in [-0.2, 0) is 6.54 Å². The minimum atomic E-state index is 0.851. The molecule has 102 valence electrons. The van der Waals surface area contributed by atoms with Crippen LogP contribution in [0.1, 0.15) is 37.6 Å². The van der Waals surface area contributed by atoms with E-state index >= 15 is 0 Å². The Balaban J connectivity index is 1.67. The molecule has 1 aliphatic rings. The van der Waals surface area contributed by atoms with Crippen molar-refractivity contribution >= 4 is 0 Å². The fraction of sp³-hybridized carbons (Fsp3) is 0.786. The van der Waals surface area contributed by atoms with Crippen LogP contribution in [0.25, 0.3) is 0 Å². The first kappa shape index (κ1) is 13.6. The monoisotopic (exact) mass is 251 g/mol. The van der Waals surface area contributed by atoms with Crippen molar-refractivity contribution < 1.29 is 4.52 Å². The summed E-state index contributed by atoms with van der Waals surface area (Å²) in [5, 5.41) is 7.46. The summed E-state index contributed by atoms with van der Waals surface area (Å²) < 4.78 is 5.27. The zero-order valence-corrected chi connectivity index (χ0v) is 11.6. The molecule has 0 amide bonds. The molecule has 4 nitrogen and oxygen atoms in total. The normalized spacial score (nSPS) is 18.3. The third-order valence-corrected chi connectivity index (χ3v) is 3.62. The first-order valence-corrected chi connectivity index (χ1v) is 7.13. The van der Waals surface area contributed by atoms with E-state index in [9.17, 15) is 0 Å². The van der Waals surface area contributed by atoms with E-state index in [0.29, 0.717) is 0 Å². The van der Waals surface area contributed by atoms with Crippen LogP contribution in [0, 0.1) is 12.8 Å². The predicted octanol–water partition coefficient (Wildman–Crippen LogP) is 2.19. The van der Waals surface area contributed by atoms with Gasteiger partial charge in [0.05, 0.1) is 12.2 Å². The van der Waals surface area contributed by atoms with Crippen molar-refractivity contribution in [2.24, 2.45) is 5.92 Å². The van der Waals surface area contributed by atoms with Gasteiger partial charge in [0.15, 0.2) is 5.76 Å². The summed E-state index contributed by atoms with van der Waals surface area (Å²) in [5.41, 5.74) is 0.976. The van der Waals surface area contributed by atoms with E-state index in [1.54, 1.807) is 0 Å². The van der Waals surface area contributed by atoms with Gasteiger partial charge in [0.2, 0.25) is 0 Å². The van der Waals surface area contributed by atoms with E-state index in [1.807, 2.05) is 13.0 Å². The number of nitrogens with zero attached hydrogens (tertiary/aromatic N) is 2. The summed E-state index contributed by atoms with van der Waals surface area (Å²) in [5.74, 6) is 1.85. The number of hydrogen-bond acceptors (Lipinski definition) is 4. The zero-order chi connectivity index (χ0) is 12.8. The summed E-state index contributed by atoms with van der Waals surface area (Å²) >= 11 is 0. The van der Waals surface area contributed by atoms with Crippen LogP contribution in [0.4, 0.5) is 0 Å². The van der Waals surface area contributed by atoms with Crippen molar-refractivity contribution in [1.82, 2.24) is 15.4 Å². The van der Waals surface area contributed by atoms with Crippen LogP contribution in [0.5, 0.6) is 0 Å². The Morgan fingerprint density at radius 3 is 2.83 bits per heavy atom. The maximum atomic E-state index is 5.27. The largest absolute Gasteiger partial charge is 0.360 e. The highest BCUT2D eigenvalue weighted by Crippen LogP contribution is 2.18. The standard InChI is InChI=1S/C14H25N3O/c1-3-6-15-10-13-4-7-17(8-5-13)11-14-9-12(2)16-18-14/h9,13,15H,3-8,10-11H2,1-2H3. The second kappa shape index (κ2) is 6.90. The Morgan fingerprint density at radius 1 is 1.44 bits per heavy atom. The second-order valence-corrected chi connectivity index (χ2v) is 5.36. The smallest absolute Gasteiger partial charge is 0.150 e. The van der Waals surface area contributed by atoms with Crippen molar-refractivity contribution in [3.05, 3.63) is 17.5 Å². The van der Waals surface area contributed by atoms with E-state index < -0.39 is 0 Å². The topological polar surface area (TPSA) is 41.3 Å². The molecule has 0 aromatic carbocycles. The molecule has 4 heteroatoms. The molecule has 18 heavy (non-hydrogen) atoms. The van der Waals surface area contributed by atoms with Gasteiger partial charge in [-0.1, -0.05) is 12.1 Å². The highest BCUT2D eigenvalue weighted by Gasteiger charge is 2.19. The number of likely N-dealkylation sites (tertiary alicyclic amines) is 1. The molecular formula is C14H25N3O. The molecule has 1 aromatic rings. The van der Waals surface area contributed by atoms with E-state index in [0.717, 1.165) is 30.5 Å². The fourth-order valence-corrected chi connectivity index (χ4v) is 2.54.